The molecule has 2 aromatic rings. The molecule has 1 heterocycles. The van der Waals surface area contributed by atoms with Gasteiger partial charge in [0.25, 0.3) is 0 Å². The van der Waals surface area contributed by atoms with Gasteiger partial charge in [-0.15, -0.1) is 0 Å². The highest BCUT2D eigenvalue weighted by Gasteiger charge is 2.39. The summed E-state index contributed by atoms with van der Waals surface area (Å²) < 4.78 is 2.12. The van der Waals surface area contributed by atoms with Crippen molar-refractivity contribution in [1.29, 1.82) is 0 Å². The van der Waals surface area contributed by atoms with Gasteiger partial charge >= 0.3 is 0 Å². The number of aryl methyl sites for hydroxylation is 1. The number of hydrogen-bond donors (Lipinski definition) is 1. The van der Waals surface area contributed by atoms with Crippen molar-refractivity contribution in [3.05, 3.63) is 30.0 Å². The maximum Gasteiger partial charge on any atom is 0.0718 e. The molecule has 3 atom stereocenters. The third kappa shape index (κ3) is 2.27. The summed E-state index contributed by atoms with van der Waals surface area (Å²) in [6.07, 6.45) is 2.40. The molecular weight excluding hydrogens is 234 g/mol. The van der Waals surface area contributed by atoms with Crippen LogP contribution < -0.4 is 5.32 Å². The molecule has 1 N–H and O–H groups in total. The van der Waals surface area contributed by atoms with Crippen LogP contribution in [0.1, 0.15) is 26.0 Å². The van der Waals surface area contributed by atoms with E-state index in [4.69, 9.17) is 5.10 Å². The minimum Gasteiger partial charge on any atom is -0.316 e. The van der Waals surface area contributed by atoms with Gasteiger partial charge in [0, 0.05) is 24.4 Å². The molecule has 0 saturated heterocycles. The van der Waals surface area contributed by atoms with E-state index in [0.29, 0.717) is 6.04 Å². The molecule has 3 nitrogen and oxygen atoms in total. The Morgan fingerprint density at radius 3 is 2.79 bits per heavy atom. The predicted molar refractivity (Wildman–Crippen MR) is 79.2 cm³/mol. The number of likely N-dealkylation sites (N-methyl/N-ethyl adjacent to an activating group) is 1. The van der Waals surface area contributed by atoms with Crippen LogP contribution in [0, 0.1) is 11.8 Å². The first-order valence-electron chi connectivity index (χ1n) is 7.36. The van der Waals surface area contributed by atoms with E-state index in [0.717, 1.165) is 24.8 Å². The van der Waals surface area contributed by atoms with E-state index in [1.165, 1.54) is 23.0 Å². The van der Waals surface area contributed by atoms with Crippen LogP contribution in [0.2, 0.25) is 0 Å². The van der Waals surface area contributed by atoms with Crippen LogP contribution in [-0.2, 0) is 13.0 Å². The largest absolute Gasteiger partial charge is 0.316 e. The second-order valence-corrected chi connectivity index (χ2v) is 5.76. The van der Waals surface area contributed by atoms with Crippen molar-refractivity contribution in [3.63, 3.8) is 0 Å². The molecule has 1 aliphatic rings. The molecular formula is C16H23N3. The Bertz CT molecular complexity index is 572. The Balaban J connectivity index is 1.91. The van der Waals surface area contributed by atoms with Gasteiger partial charge in [0.15, 0.2) is 0 Å². The van der Waals surface area contributed by atoms with Crippen molar-refractivity contribution < 1.29 is 0 Å². The normalized spacial score (nSPS) is 23.7. The molecule has 3 heteroatoms. The second-order valence-electron chi connectivity index (χ2n) is 5.76. The fourth-order valence-electron chi connectivity index (χ4n) is 3.18. The molecule has 0 amide bonds. The summed E-state index contributed by atoms with van der Waals surface area (Å²) in [5, 5.41) is 9.61. The number of benzene rings is 1. The smallest absolute Gasteiger partial charge is 0.0718 e. The lowest BCUT2D eigenvalue weighted by atomic mass is 10.0. The Hall–Kier alpha value is -1.35. The monoisotopic (exact) mass is 257 g/mol. The predicted octanol–water partition coefficient (Wildman–Crippen LogP) is 2.84. The Kier molecular flexibility index (Phi) is 3.31. The molecule has 3 rings (SSSR count). The van der Waals surface area contributed by atoms with Gasteiger partial charge < -0.3 is 5.32 Å². The van der Waals surface area contributed by atoms with Crippen LogP contribution >= 0.6 is 0 Å². The van der Waals surface area contributed by atoms with Gasteiger partial charge in [-0.1, -0.05) is 25.1 Å². The van der Waals surface area contributed by atoms with Crippen LogP contribution in [0.15, 0.2) is 24.3 Å². The van der Waals surface area contributed by atoms with E-state index in [9.17, 15) is 0 Å². The maximum atomic E-state index is 4.81. The molecule has 3 unspecified atom stereocenters. The van der Waals surface area contributed by atoms with Crippen LogP contribution in [0.25, 0.3) is 10.9 Å². The molecule has 102 valence electrons. The summed E-state index contributed by atoms with van der Waals surface area (Å²) >= 11 is 0. The fraction of sp³-hybridized carbons (Fsp3) is 0.562. The number of rotatable bonds is 5. The SMILES string of the molecule is CCn1nc(CC(NC)C2CC2C)c2ccccc21. The second kappa shape index (κ2) is 4.97. The third-order valence-electron chi connectivity index (χ3n) is 4.51. The van der Waals surface area contributed by atoms with Gasteiger partial charge in [0.1, 0.15) is 0 Å². The van der Waals surface area contributed by atoms with Gasteiger partial charge in [0.05, 0.1) is 11.2 Å². The van der Waals surface area contributed by atoms with E-state index in [2.05, 4.69) is 55.2 Å². The summed E-state index contributed by atoms with van der Waals surface area (Å²) in [6.45, 7) is 5.43. The highest BCUT2D eigenvalue weighted by Crippen LogP contribution is 2.41. The number of fused-ring (bicyclic) bond motifs is 1. The van der Waals surface area contributed by atoms with E-state index < -0.39 is 0 Å². The lowest BCUT2D eigenvalue weighted by Gasteiger charge is -2.14. The quantitative estimate of drug-likeness (QED) is 0.892. The topological polar surface area (TPSA) is 29.9 Å². The Morgan fingerprint density at radius 2 is 2.16 bits per heavy atom. The lowest BCUT2D eigenvalue weighted by molar-refractivity contribution is 0.473. The molecule has 0 aliphatic heterocycles. The summed E-state index contributed by atoms with van der Waals surface area (Å²) in [7, 11) is 2.08. The van der Waals surface area contributed by atoms with Gasteiger partial charge in [-0.05, 0) is 38.3 Å². The molecule has 1 fully saturated rings. The van der Waals surface area contributed by atoms with E-state index in [1.807, 2.05) is 0 Å². The van der Waals surface area contributed by atoms with Crippen molar-refractivity contribution in [3.8, 4) is 0 Å². The van der Waals surface area contributed by atoms with Crippen molar-refractivity contribution in [2.24, 2.45) is 11.8 Å². The van der Waals surface area contributed by atoms with Crippen molar-refractivity contribution >= 4 is 10.9 Å². The van der Waals surface area contributed by atoms with E-state index >= 15 is 0 Å². The fourth-order valence-corrected chi connectivity index (χ4v) is 3.18. The molecule has 0 radical (unpaired) electrons. The number of nitrogens with zero attached hydrogens (tertiary/aromatic N) is 2. The highest BCUT2D eigenvalue weighted by molar-refractivity contribution is 5.82. The van der Waals surface area contributed by atoms with Crippen LogP contribution in [0.3, 0.4) is 0 Å². The van der Waals surface area contributed by atoms with Gasteiger partial charge in [-0.3, -0.25) is 4.68 Å². The zero-order chi connectivity index (χ0) is 13.4. The van der Waals surface area contributed by atoms with Gasteiger partial charge in [-0.25, -0.2) is 0 Å². The van der Waals surface area contributed by atoms with E-state index in [1.54, 1.807) is 0 Å². The minimum atomic E-state index is 0.568. The summed E-state index contributed by atoms with van der Waals surface area (Å²) in [5.74, 6) is 1.70. The number of hydrogen-bond acceptors (Lipinski definition) is 2. The number of para-hydroxylation sites is 1. The summed E-state index contributed by atoms with van der Waals surface area (Å²) in [6, 6.07) is 9.15. The maximum absolute atomic E-state index is 4.81. The van der Waals surface area contributed by atoms with Gasteiger partial charge in [0.2, 0.25) is 0 Å². The third-order valence-corrected chi connectivity index (χ3v) is 4.51. The van der Waals surface area contributed by atoms with Crippen molar-refractivity contribution in [2.75, 3.05) is 7.05 Å². The van der Waals surface area contributed by atoms with Crippen molar-refractivity contribution in [2.45, 2.75) is 39.3 Å². The zero-order valence-electron chi connectivity index (χ0n) is 12.1. The van der Waals surface area contributed by atoms with Crippen LogP contribution in [0.4, 0.5) is 0 Å². The summed E-state index contributed by atoms with van der Waals surface area (Å²) in [4.78, 5) is 0. The molecule has 1 aromatic heterocycles. The van der Waals surface area contributed by atoms with E-state index in [-0.39, 0.29) is 0 Å². The molecule has 19 heavy (non-hydrogen) atoms. The first-order chi connectivity index (χ1) is 9.24. The van der Waals surface area contributed by atoms with Crippen molar-refractivity contribution in [1.82, 2.24) is 15.1 Å². The molecule has 1 aliphatic carbocycles. The first-order valence-corrected chi connectivity index (χ1v) is 7.36. The summed E-state index contributed by atoms with van der Waals surface area (Å²) in [5.41, 5.74) is 2.51. The molecule has 0 spiro atoms. The lowest BCUT2D eigenvalue weighted by Crippen LogP contribution is -2.30. The van der Waals surface area contributed by atoms with Crippen LogP contribution in [-0.4, -0.2) is 22.9 Å². The number of aromatic nitrogens is 2. The molecule has 0 bridgehead atoms. The Labute approximate surface area is 115 Å². The highest BCUT2D eigenvalue weighted by atomic mass is 15.3. The van der Waals surface area contributed by atoms with Gasteiger partial charge in [-0.2, -0.15) is 5.10 Å². The molecule has 1 aromatic carbocycles. The Morgan fingerprint density at radius 1 is 1.42 bits per heavy atom. The molecule has 1 saturated carbocycles. The standard InChI is InChI=1S/C16H23N3/c1-4-19-16-8-6-5-7-12(16)15(18-19)10-14(17-3)13-9-11(13)2/h5-8,11,13-14,17H,4,9-10H2,1-3H3. The average molecular weight is 257 g/mol. The minimum absolute atomic E-state index is 0.568. The van der Waals surface area contributed by atoms with Crippen LogP contribution in [0.5, 0.6) is 0 Å². The number of nitrogens with one attached hydrogen (secondary N) is 1. The zero-order valence-corrected chi connectivity index (χ0v) is 12.1. The average Bonchev–Trinajstić information content (AvgIpc) is 3.05. The first kappa shape index (κ1) is 12.7.